The molecule has 0 radical (unpaired) electrons. The highest BCUT2D eigenvalue weighted by atomic mass is 31.2. The fraction of sp³-hybridized carbons (Fsp3) is 0.917. The normalized spacial score (nSPS) is 14.7. The van der Waals surface area contributed by atoms with Gasteiger partial charge in [0.15, 0.2) is 12.2 Å². The molecule has 17 nitrogen and oxygen atoms in total. The summed E-state index contributed by atoms with van der Waals surface area (Å²) in [5, 5.41) is 10.4. The van der Waals surface area contributed by atoms with Crippen molar-refractivity contribution in [1.29, 1.82) is 0 Å². The summed E-state index contributed by atoms with van der Waals surface area (Å²) in [5.74, 6) is -2.18. The van der Waals surface area contributed by atoms with Crippen LogP contribution in [-0.4, -0.2) is 96.7 Å². The summed E-state index contributed by atoms with van der Waals surface area (Å²) < 4.78 is 66.8. The molecule has 0 aliphatic carbocycles. The van der Waals surface area contributed by atoms with E-state index in [-0.39, 0.29) is 25.7 Å². The quantitative estimate of drug-likeness (QED) is 0.0222. The summed E-state index contributed by atoms with van der Waals surface area (Å²) in [6.45, 7) is 4.54. The van der Waals surface area contributed by atoms with Crippen molar-refractivity contribution in [3.05, 3.63) is 0 Å². The first-order chi connectivity index (χ1) is 32.2. The zero-order valence-electron chi connectivity index (χ0n) is 41.8. The Morgan fingerprint density at radius 1 is 0.358 bits per heavy atom. The highest BCUT2D eigenvalue weighted by Gasteiger charge is 2.30. The molecule has 0 amide bonds. The van der Waals surface area contributed by atoms with E-state index in [0.717, 1.165) is 103 Å². The monoisotopic (exact) mass is 1000 g/mol. The molecule has 0 saturated carbocycles. The van der Waals surface area contributed by atoms with E-state index in [2.05, 4.69) is 27.7 Å². The Morgan fingerprint density at radius 3 is 0.881 bits per heavy atom. The molecule has 0 fully saturated rings. The Bertz CT molecular complexity index is 1340. The van der Waals surface area contributed by atoms with Crippen molar-refractivity contribution >= 4 is 39.5 Å². The van der Waals surface area contributed by atoms with Crippen molar-refractivity contribution in [2.75, 3.05) is 39.6 Å². The molecule has 3 N–H and O–H groups in total. The van der Waals surface area contributed by atoms with Crippen molar-refractivity contribution in [2.45, 2.75) is 245 Å². The van der Waals surface area contributed by atoms with Gasteiger partial charge in [-0.1, -0.05) is 175 Å². The van der Waals surface area contributed by atoms with Gasteiger partial charge in [0.1, 0.15) is 19.3 Å². The van der Waals surface area contributed by atoms with Crippen molar-refractivity contribution in [3.8, 4) is 0 Å². The number of carbonyl (C=O) groups is 4. The molecule has 0 heterocycles. The van der Waals surface area contributed by atoms with Gasteiger partial charge in [-0.25, -0.2) is 9.13 Å². The molecule has 0 aliphatic heterocycles. The van der Waals surface area contributed by atoms with Crippen molar-refractivity contribution in [1.82, 2.24) is 0 Å². The second-order valence-electron chi connectivity index (χ2n) is 17.5. The number of unbranched alkanes of at least 4 members (excludes halogenated alkanes) is 23. The maximum absolute atomic E-state index is 12.8. The van der Waals surface area contributed by atoms with E-state index in [1.165, 1.54) is 44.9 Å². The van der Waals surface area contributed by atoms with Gasteiger partial charge in [-0.15, -0.1) is 0 Å². The Balaban J connectivity index is 5.14. The van der Waals surface area contributed by atoms with Crippen LogP contribution in [0.4, 0.5) is 0 Å². The van der Waals surface area contributed by atoms with Gasteiger partial charge in [0.2, 0.25) is 0 Å². The molecule has 0 aromatic rings. The highest BCUT2D eigenvalue weighted by molar-refractivity contribution is 7.47. The minimum Gasteiger partial charge on any atom is -0.462 e. The number of phosphoric ester groups is 2. The van der Waals surface area contributed by atoms with Gasteiger partial charge in [-0.3, -0.25) is 37.3 Å². The molecule has 67 heavy (non-hydrogen) atoms. The van der Waals surface area contributed by atoms with Gasteiger partial charge < -0.3 is 33.8 Å². The Hall–Kier alpha value is -1.94. The summed E-state index contributed by atoms with van der Waals surface area (Å²) in [6, 6.07) is 0. The average Bonchev–Trinajstić information content (AvgIpc) is 3.29. The predicted octanol–water partition coefficient (Wildman–Crippen LogP) is 11.7. The lowest BCUT2D eigenvalue weighted by atomic mass is 10.1. The first-order valence-electron chi connectivity index (χ1n) is 25.8. The van der Waals surface area contributed by atoms with Crippen molar-refractivity contribution < 1.29 is 80.2 Å². The minimum absolute atomic E-state index is 0.0988. The Kier molecular flexibility index (Phi) is 42.8. The molecular weight excluding hydrogens is 910 g/mol. The lowest BCUT2D eigenvalue weighted by Gasteiger charge is -2.21. The van der Waals surface area contributed by atoms with Crippen molar-refractivity contribution in [3.63, 3.8) is 0 Å². The van der Waals surface area contributed by atoms with Crippen LogP contribution in [0, 0.1) is 0 Å². The molecule has 19 heteroatoms. The minimum atomic E-state index is -4.92. The molecule has 396 valence electrons. The van der Waals surface area contributed by atoms with Gasteiger partial charge in [-0.2, -0.15) is 0 Å². The van der Waals surface area contributed by atoms with Gasteiger partial charge in [0.05, 0.1) is 26.4 Å². The summed E-state index contributed by atoms with van der Waals surface area (Å²) in [6.07, 6.45) is 23.3. The standard InChI is InChI=1S/C48H92O17P2/c1-5-9-13-17-19-21-23-27-31-35-48(53)65-44(39-59-46(51)33-29-26-22-20-18-14-10-6-2)41-63-67(56,57)61-37-42(49)36-60-66(54,55)62-40-43(64-47(52)34-30-25-16-12-8-4)38-58-45(50)32-28-24-15-11-7-3/h42-44,49H,5-41H2,1-4H3,(H,54,55)(H,56,57)/t42-,43+,44+/m0/s1. The number of phosphoric acid groups is 2. The fourth-order valence-electron chi connectivity index (χ4n) is 6.80. The van der Waals surface area contributed by atoms with E-state index in [1.54, 1.807) is 0 Å². The van der Waals surface area contributed by atoms with E-state index in [1.807, 2.05) is 0 Å². The number of hydrogen-bond acceptors (Lipinski definition) is 15. The van der Waals surface area contributed by atoms with Gasteiger partial charge in [0.25, 0.3) is 0 Å². The van der Waals surface area contributed by atoms with Crippen LogP contribution in [0.15, 0.2) is 0 Å². The zero-order valence-corrected chi connectivity index (χ0v) is 43.6. The fourth-order valence-corrected chi connectivity index (χ4v) is 8.38. The second kappa shape index (κ2) is 44.0. The molecule has 0 spiro atoms. The van der Waals surface area contributed by atoms with Crippen LogP contribution < -0.4 is 0 Å². The van der Waals surface area contributed by atoms with E-state index < -0.39 is 97.5 Å². The third-order valence-electron chi connectivity index (χ3n) is 10.9. The molecular formula is C48H92O17P2. The second-order valence-corrected chi connectivity index (χ2v) is 20.4. The summed E-state index contributed by atoms with van der Waals surface area (Å²) in [7, 11) is -9.83. The summed E-state index contributed by atoms with van der Waals surface area (Å²) in [5.41, 5.74) is 0. The number of rotatable bonds is 49. The first-order valence-corrected chi connectivity index (χ1v) is 28.8. The van der Waals surface area contributed by atoms with Crippen LogP contribution in [0.2, 0.25) is 0 Å². The van der Waals surface area contributed by atoms with E-state index in [0.29, 0.717) is 25.7 Å². The highest BCUT2D eigenvalue weighted by Crippen LogP contribution is 2.45. The van der Waals surface area contributed by atoms with Crippen LogP contribution in [0.3, 0.4) is 0 Å². The van der Waals surface area contributed by atoms with Crippen LogP contribution in [0.1, 0.15) is 227 Å². The number of esters is 4. The van der Waals surface area contributed by atoms with E-state index in [4.69, 9.17) is 37.0 Å². The molecule has 0 aliphatic rings. The SMILES string of the molecule is CCCCCCCCCCCC(=O)O[C@H](COC(=O)CCCCCCCCCC)COP(=O)(O)OC[C@@H](O)COP(=O)(O)OC[C@@H](COC(=O)CCCCCCC)OC(=O)CCCCCCC. The Morgan fingerprint density at radius 2 is 0.597 bits per heavy atom. The topological polar surface area (TPSA) is 237 Å². The summed E-state index contributed by atoms with van der Waals surface area (Å²) in [4.78, 5) is 70.8. The van der Waals surface area contributed by atoms with Gasteiger partial charge in [-0.05, 0) is 25.7 Å². The number of aliphatic hydroxyl groups is 1. The molecule has 0 bridgehead atoms. The van der Waals surface area contributed by atoms with Crippen LogP contribution in [0.25, 0.3) is 0 Å². The molecule has 5 atom stereocenters. The third kappa shape index (κ3) is 43.8. The number of ether oxygens (including phenoxy) is 4. The van der Waals surface area contributed by atoms with E-state index >= 15 is 0 Å². The first kappa shape index (κ1) is 65.1. The van der Waals surface area contributed by atoms with Gasteiger partial charge in [0, 0.05) is 25.7 Å². The summed E-state index contributed by atoms with van der Waals surface area (Å²) >= 11 is 0. The van der Waals surface area contributed by atoms with Crippen LogP contribution >= 0.6 is 15.6 Å². The van der Waals surface area contributed by atoms with Crippen LogP contribution in [-0.2, 0) is 65.4 Å². The molecule has 0 aromatic heterocycles. The van der Waals surface area contributed by atoms with E-state index in [9.17, 15) is 43.2 Å². The molecule has 2 unspecified atom stereocenters. The Labute approximate surface area is 403 Å². The maximum Gasteiger partial charge on any atom is 0.472 e. The van der Waals surface area contributed by atoms with Crippen molar-refractivity contribution in [2.24, 2.45) is 0 Å². The lowest BCUT2D eigenvalue weighted by Crippen LogP contribution is -2.30. The van der Waals surface area contributed by atoms with Gasteiger partial charge >= 0.3 is 39.5 Å². The molecule has 0 aromatic carbocycles. The number of hydrogen-bond donors (Lipinski definition) is 3. The van der Waals surface area contributed by atoms with Crippen LogP contribution in [0.5, 0.6) is 0 Å². The maximum atomic E-state index is 12.8. The smallest absolute Gasteiger partial charge is 0.462 e. The largest absolute Gasteiger partial charge is 0.472 e. The lowest BCUT2D eigenvalue weighted by molar-refractivity contribution is -0.161. The zero-order chi connectivity index (χ0) is 49.9. The average molecular weight is 1000 g/mol. The predicted molar refractivity (Wildman–Crippen MR) is 257 cm³/mol. The third-order valence-corrected chi connectivity index (χ3v) is 12.8. The molecule has 0 saturated heterocycles. The molecule has 0 rings (SSSR count). The number of carbonyl (C=O) groups excluding carboxylic acids is 4. The number of aliphatic hydroxyl groups excluding tert-OH is 1.